The number of fused-ring (bicyclic) bond motifs is 1. The molecule has 1 aliphatic carbocycles. The Morgan fingerprint density at radius 3 is 2.06 bits per heavy atom. The number of hydrogen-bond donors (Lipinski definition) is 1. The minimum atomic E-state index is 0.536. The van der Waals surface area contributed by atoms with E-state index >= 15 is 0 Å². The topological polar surface area (TPSA) is 12.0 Å². The van der Waals surface area contributed by atoms with Gasteiger partial charge in [0, 0.05) is 16.2 Å². The summed E-state index contributed by atoms with van der Waals surface area (Å²) in [6.07, 6.45) is 2.26. The highest BCUT2D eigenvalue weighted by Crippen LogP contribution is 2.24. The first-order chi connectivity index (χ1) is 8.31. The second-order valence-corrected chi connectivity index (χ2v) is 5.44. The summed E-state index contributed by atoms with van der Waals surface area (Å²) in [5.41, 5.74) is 4.18. The summed E-state index contributed by atoms with van der Waals surface area (Å²) in [6, 6.07) is 17.6. The normalized spacial score (nSPS) is 14.6. The van der Waals surface area contributed by atoms with Crippen molar-refractivity contribution in [3.8, 4) is 0 Å². The fourth-order valence-electron chi connectivity index (χ4n) is 2.44. The fraction of sp³-hybridized carbons (Fsp3) is 0.200. The van der Waals surface area contributed by atoms with Gasteiger partial charge in [0.05, 0.1) is 0 Å². The molecule has 0 atom stereocenters. The Kier molecular flexibility index (Phi) is 2.89. The summed E-state index contributed by atoms with van der Waals surface area (Å²) in [7, 11) is 0. The summed E-state index contributed by atoms with van der Waals surface area (Å²) < 4.78 is 1.12. The number of benzene rings is 2. The fourth-order valence-corrected chi connectivity index (χ4v) is 2.71. The van der Waals surface area contributed by atoms with E-state index < -0.39 is 0 Å². The van der Waals surface area contributed by atoms with Crippen molar-refractivity contribution in [1.29, 1.82) is 0 Å². The van der Waals surface area contributed by atoms with Crippen LogP contribution in [0.15, 0.2) is 53.0 Å². The van der Waals surface area contributed by atoms with Gasteiger partial charge in [-0.25, -0.2) is 0 Å². The van der Waals surface area contributed by atoms with Crippen LogP contribution in [0.3, 0.4) is 0 Å². The van der Waals surface area contributed by atoms with E-state index in [9.17, 15) is 0 Å². The monoisotopic (exact) mass is 287 g/mol. The summed E-state index contributed by atoms with van der Waals surface area (Å²) in [5.74, 6) is 0. The van der Waals surface area contributed by atoms with Crippen molar-refractivity contribution in [2.45, 2.75) is 18.9 Å². The van der Waals surface area contributed by atoms with Gasteiger partial charge in [-0.2, -0.15) is 0 Å². The van der Waals surface area contributed by atoms with Crippen LogP contribution in [0.4, 0.5) is 5.69 Å². The molecule has 0 fully saturated rings. The Balaban J connectivity index is 1.71. The first kappa shape index (κ1) is 10.8. The maximum Gasteiger partial charge on any atom is 0.0343 e. The molecule has 2 aromatic rings. The van der Waals surface area contributed by atoms with Gasteiger partial charge >= 0.3 is 0 Å². The molecular weight excluding hydrogens is 274 g/mol. The summed E-state index contributed by atoms with van der Waals surface area (Å²) in [6.45, 7) is 0. The summed E-state index contributed by atoms with van der Waals surface area (Å²) in [5, 5.41) is 3.59. The highest BCUT2D eigenvalue weighted by atomic mass is 79.9. The lowest BCUT2D eigenvalue weighted by Crippen LogP contribution is -2.19. The van der Waals surface area contributed by atoms with Gasteiger partial charge in [-0.15, -0.1) is 0 Å². The van der Waals surface area contributed by atoms with Crippen LogP contribution in [0.2, 0.25) is 0 Å². The largest absolute Gasteiger partial charge is 0.382 e. The molecule has 2 aromatic carbocycles. The van der Waals surface area contributed by atoms with Gasteiger partial charge in [-0.3, -0.25) is 0 Å². The summed E-state index contributed by atoms with van der Waals surface area (Å²) in [4.78, 5) is 0. The summed E-state index contributed by atoms with van der Waals surface area (Å²) >= 11 is 3.45. The molecule has 0 bridgehead atoms. The minimum absolute atomic E-state index is 0.536. The molecule has 0 aliphatic heterocycles. The molecular formula is C15H14BrN. The number of nitrogens with one attached hydrogen (secondary N) is 1. The third-order valence-electron chi connectivity index (χ3n) is 3.27. The Labute approximate surface area is 110 Å². The smallest absolute Gasteiger partial charge is 0.0343 e. The third-order valence-corrected chi connectivity index (χ3v) is 3.79. The molecule has 0 saturated heterocycles. The first-order valence-electron chi connectivity index (χ1n) is 5.90. The van der Waals surface area contributed by atoms with Crippen LogP contribution in [-0.4, -0.2) is 6.04 Å². The molecule has 1 aliphatic rings. The van der Waals surface area contributed by atoms with Gasteiger partial charge in [0.25, 0.3) is 0 Å². The van der Waals surface area contributed by atoms with Gasteiger partial charge < -0.3 is 5.32 Å². The van der Waals surface area contributed by atoms with Gasteiger partial charge in [0.1, 0.15) is 0 Å². The first-order valence-corrected chi connectivity index (χ1v) is 6.69. The molecule has 17 heavy (non-hydrogen) atoms. The highest BCUT2D eigenvalue weighted by Gasteiger charge is 2.20. The van der Waals surface area contributed by atoms with Crippen LogP contribution in [0.25, 0.3) is 0 Å². The van der Waals surface area contributed by atoms with Gasteiger partial charge in [-0.05, 0) is 48.2 Å². The van der Waals surface area contributed by atoms with E-state index in [1.165, 1.54) is 16.8 Å². The molecule has 3 rings (SSSR count). The second kappa shape index (κ2) is 4.53. The predicted octanol–water partition coefficient (Wildman–Crippen LogP) is 4.03. The van der Waals surface area contributed by atoms with E-state index in [1.54, 1.807) is 0 Å². The van der Waals surface area contributed by atoms with Crippen molar-refractivity contribution in [2.24, 2.45) is 0 Å². The molecule has 0 unspecified atom stereocenters. The maximum absolute atomic E-state index is 3.59. The minimum Gasteiger partial charge on any atom is -0.382 e. The molecule has 0 radical (unpaired) electrons. The van der Waals surface area contributed by atoms with Gasteiger partial charge in [0.15, 0.2) is 0 Å². The number of halogens is 1. The third kappa shape index (κ3) is 2.37. The van der Waals surface area contributed by atoms with E-state index in [0.717, 1.165) is 17.3 Å². The average Bonchev–Trinajstić information content (AvgIpc) is 2.74. The van der Waals surface area contributed by atoms with Crippen molar-refractivity contribution in [1.82, 2.24) is 0 Å². The molecule has 1 nitrogen and oxygen atoms in total. The highest BCUT2D eigenvalue weighted by molar-refractivity contribution is 9.10. The molecule has 86 valence electrons. The maximum atomic E-state index is 3.59. The van der Waals surface area contributed by atoms with Gasteiger partial charge in [0.2, 0.25) is 0 Å². The molecule has 2 heteroatoms. The lowest BCUT2D eigenvalue weighted by molar-refractivity contribution is 0.774. The zero-order valence-electron chi connectivity index (χ0n) is 9.49. The Hall–Kier alpha value is -1.28. The Morgan fingerprint density at radius 1 is 0.882 bits per heavy atom. The van der Waals surface area contributed by atoms with Crippen molar-refractivity contribution < 1.29 is 0 Å². The van der Waals surface area contributed by atoms with Crippen LogP contribution in [-0.2, 0) is 12.8 Å². The Morgan fingerprint density at radius 2 is 1.47 bits per heavy atom. The molecule has 0 saturated carbocycles. The van der Waals surface area contributed by atoms with Crippen molar-refractivity contribution in [2.75, 3.05) is 5.32 Å². The van der Waals surface area contributed by atoms with E-state index in [-0.39, 0.29) is 0 Å². The van der Waals surface area contributed by atoms with Crippen molar-refractivity contribution in [3.05, 3.63) is 64.1 Å². The van der Waals surface area contributed by atoms with E-state index in [0.29, 0.717) is 6.04 Å². The molecule has 1 N–H and O–H groups in total. The molecule has 0 spiro atoms. The van der Waals surface area contributed by atoms with Crippen molar-refractivity contribution >= 4 is 21.6 Å². The molecule has 0 aromatic heterocycles. The lowest BCUT2D eigenvalue weighted by atomic mass is 10.1. The standard InChI is InChI=1S/C15H14BrN/c16-13-5-7-14(8-6-13)17-15-9-11-3-1-2-4-12(11)10-15/h1-8,15,17H,9-10H2. The lowest BCUT2D eigenvalue weighted by Gasteiger charge is -2.13. The number of anilines is 1. The second-order valence-electron chi connectivity index (χ2n) is 4.53. The number of rotatable bonds is 2. The van der Waals surface area contributed by atoms with Crippen LogP contribution in [0.1, 0.15) is 11.1 Å². The van der Waals surface area contributed by atoms with Gasteiger partial charge in [-0.1, -0.05) is 40.2 Å². The quantitative estimate of drug-likeness (QED) is 0.879. The molecule has 0 heterocycles. The average molecular weight is 288 g/mol. The Bertz CT molecular complexity index is 494. The van der Waals surface area contributed by atoms with Crippen LogP contribution in [0.5, 0.6) is 0 Å². The molecule has 0 amide bonds. The van der Waals surface area contributed by atoms with E-state index in [2.05, 4.69) is 69.8 Å². The van der Waals surface area contributed by atoms with Crippen LogP contribution in [0, 0.1) is 0 Å². The van der Waals surface area contributed by atoms with E-state index in [4.69, 9.17) is 0 Å². The van der Waals surface area contributed by atoms with E-state index in [1.807, 2.05) is 0 Å². The predicted molar refractivity (Wildman–Crippen MR) is 75.4 cm³/mol. The zero-order valence-corrected chi connectivity index (χ0v) is 11.1. The van der Waals surface area contributed by atoms with Crippen LogP contribution >= 0.6 is 15.9 Å². The van der Waals surface area contributed by atoms with Crippen molar-refractivity contribution in [3.63, 3.8) is 0 Å². The SMILES string of the molecule is Brc1ccc(NC2Cc3ccccc3C2)cc1. The number of hydrogen-bond acceptors (Lipinski definition) is 1. The zero-order chi connectivity index (χ0) is 11.7. The van der Waals surface area contributed by atoms with Crippen LogP contribution < -0.4 is 5.32 Å².